The summed E-state index contributed by atoms with van der Waals surface area (Å²) >= 11 is 12.1. The van der Waals surface area contributed by atoms with E-state index in [1.807, 2.05) is 53.0 Å². The van der Waals surface area contributed by atoms with Crippen LogP contribution < -0.4 is 14.6 Å². The minimum Gasteiger partial charge on any atom is -0.423 e. The molecule has 9 aromatic carbocycles. The number of anilines is 6. The van der Waals surface area contributed by atoms with Crippen LogP contribution in [0.2, 0.25) is 0 Å². The van der Waals surface area contributed by atoms with Crippen molar-refractivity contribution >= 4 is 142 Å². The first-order chi connectivity index (χ1) is 34.3. The average Bonchev–Trinajstić information content (AvgIpc) is 4.17. The van der Waals surface area contributed by atoms with E-state index < -0.39 is 7.12 Å². The first-order valence-corrected chi connectivity index (χ1v) is 26.6. The highest BCUT2D eigenvalue weighted by Crippen LogP contribution is 2.40. The molecule has 0 spiro atoms. The maximum atomic E-state index is 8.89. The average molecular weight is 1090 g/mol. The Balaban J connectivity index is 0.000000143. The van der Waals surface area contributed by atoms with Crippen LogP contribution >= 0.6 is 65.9 Å². The van der Waals surface area contributed by atoms with Crippen molar-refractivity contribution in [3.05, 3.63) is 258 Å². The maximum Gasteiger partial charge on any atom is 0.499 e. The number of hydrogen-bond donors (Lipinski definition) is 2. The molecule has 0 atom stereocenters. The minimum atomic E-state index is -1.35. The summed E-state index contributed by atoms with van der Waals surface area (Å²) in [4.78, 5) is 7.15. The van der Waals surface area contributed by atoms with E-state index in [4.69, 9.17) is 10.0 Å². The third-order valence-electron chi connectivity index (χ3n) is 11.6. The van der Waals surface area contributed by atoms with Crippen LogP contribution in [0.3, 0.4) is 0 Å². The van der Waals surface area contributed by atoms with Crippen LogP contribution in [0.4, 0.5) is 34.1 Å². The van der Waals surface area contributed by atoms with Gasteiger partial charge in [0, 0.05) is 71.7 Å². The SMILES string of the molecule is Brc1ccc(N(c2ccccc2)c2ccc(Br)cc2)cc1.OB(O)c1cc2ccccc2s1.c1ccc(N(c2ccc(-c3cc4ccccc4s3)cc2)c2ccc(-c3cc4ccccc4s3)cc2)cc1. The Labute approximate surface area is 437 Å². The van der Waals surface area contributed by atoms with Gasteiger partial charge in [-0.25, -0.2) is 0 Å². The molecular formula is C60H43BBr2N2O2S3. The van der Waals surface area contributed by atoms with Gasteiger partial charge in [-0.3, -0.25) is 0 Å². The van der Waals surface area contributed by atoms with E-state index >= 15 is 0 Å². The second kappa shape index (κ2) is 22.0. The van der Waals surface area contributed by atoms with Crippen LogP contribution in [0.25, 0.3) is 51.1 Å². The first-order valence-electron chi connectivity index (χ1n) is 22.6. The van der Waals surface area contributed by atoms with Crippen molar-refractivity contribution in [3.8, 4) is 20.9 Å². The molecule has 0 amide bonds. The molecule has 0 aliphatic heterocycles. The summed E-state index contributed by atoms with van der Waals surface area (Å²) in [7, 11) is -1.35. The summed E-state index contributed by atoms with van der Waals surface area (Å²) in [6.07, 6.45) is 0. The molecule has 0 fully saturated rings. The zero-order valence-corrected chi connectivity index (χ0v) is 43.1. The number of benzene rings is 9. The van der Waals surface area contributed by atoms with Crippen LogP contribution in [-0.2, 0) is 0 Å². The fourth-order valence-electron chi connectivity index (χ4n) is 8.16. The first kappa shape index (κ1) is 47.1. The number of hydrogen-bond acceptors (Lipinski definition) is 7. The monoisotopic (exact) mass is 1090 g/mol. The van der Waals surface area contributed by atoms with Gasteiger partial charge in [-0.2, -0.15) is 0 Å². The van der Waals surface area contributed by atoms with Gasteiger partial charge in [0.05, 0.1) is 0 Å². The quantitative estimate of drug-likeness (QED) is 0.141. The number of para-hydroxylation sites is 2. The summed E-state index contributed by atoms with van der Waals surface area (Å²) in [5.41, 5.74) is 9.33. The Kier molecular flexibility index (Phi) is 14.8. The number of thiophene rings is 3. The molecule has 70 heavy (non-hydrogen) atoms. The Morgan fingerprint density at radius 1 is 0.314 bits per heavy atom. The maximum absolute atomic E-state index is 8.89. The van der Waals surface area contributed by atoms with Crippen molar-refractivity contribution < 1.29 is 10.0 Å². The molecule has 10 heteroatoms. The van der Waals surface area contributed by atoms with Gasteiger partial charge < -0.3 is 19.8 Å². The topological polar surface area (TPSA) is 46.9 Å². The second-order valence-electron chi connectivity index (χ2n) is 16.2. The van der Waals surface area contributed by atoms with E-state index in [9.17, 15) is 0 Å². The van der Waals surface area contributed by atoms with Crippen LogP contribution in [-0.4, -0.2) is 17.2 Å². The number of nitrogens with zero attached hydrogens (tertiary/aromatic N) is 2. The third kappa shape index (κ3) is 11.0. The Hall–Kier alpha value is -6.60. The normalized spacial score (nSPS) is 10.9. The minimum absolute atomic E-state index is 0.594. The van der Waals surface area contributed by atoms with Gasteiger partial charge in [-0.15, -0.1) is 34.0 Å². The van der Waals surface area contributed by atoms with E-state index in [2.05, 4.69) is 254 Å². The molecule has 0 aliphatic rings. The van der Waals surface area contributed by atoms with Crippen LogP contribution in [0.15, 0.2) is 258 Å². The predicted molar refractivity (Wildman–Crippen MR) is 311 cm³/mol. The van der Waals surface area contributed by atoms with Gasteiger partial charge in [-0.05, 0) is 161 Å². The van der Waals surface area contributed by atoms with Gasteiger partial charge >= 0.3 is 7.12 Å². The Morgan fingerprint density at radius 3 is 0.957 bits per heavy atom. The zero-order valence-electron chi connectivity index (χ0n) is 37.5. The zero-order chi connectivity index (χ0) is 47.8. The Morgan fingerprint density at radius 2 is 0.614 bits per heavy atom. The smallest absolute Gasteiger partial charge is 0.423 e. The number of fused-ring (bicyclic) bond motifs is 3. The van der Waals surface area contributed by atoms with E-state index in [-0.39, 0.29) is 0 Å². The fourth-order valence-corrected chi connectivity index (χ4v) is 11.8. The lowest BCUT2D eigenvalue weighted by atomic mass is 9.89. The molecule has 0 radical (unpaired) electrons. The summed E-state index contributed by atoms with van der Waals surface area (Å²) in [5.74, 6) is 0. The summed E-state index contributed by atoms with van der Waals surface area (Å²) in [6.45, 7) is 0. The molecule has 0 aliphatic carbocycles. The van der Waals surface area contributed by atoms with Crippen LogP contribution in [0.1, 0.15) is 0 Å². The van der Waals surface area contributed by atoms with Crippen molar-refractivity contribution in [2.24, 2.45) is 0 Å². The van der Waals surface area contributed by atoms with Crippen LogP contribution in [0.5, 0.6) is 0 Å². The second-order valence-corrected chi connectivity index (χ2v) is 21.4. The van der Waals surface area contributed by atoms with E-state index in [1.54, 1.807) is 6.07 Å². The molecule has 0 unspecified atom stereocenters. The fraction of sp³-hybridized carbons (Fsp3) is 0. The molecule has 340 valence electrons. The largest absolute Gasteiger partial charge is 0.499 e. The molecule has 0 bridgehead atoms. The molecule has 0 saturated carbocycles. The molecule has 4 nitrogen and oxygen atoms in total. The lowest BCUT2D eigenvalue weighted by Gasteiger charge is -2.25. The molecule has 12 rings (SSSR count). The van der Waals surface area contributed by atoms with Crippen molar-refractivity contribution in [3.63, 3.8) is 0 Å². The predicted octanol–water partition coefficient (Wildman–Crippen LogP) is 18.2. The van der Waals surface area contributed by atoms with Gasteiger partial charge in [0.1, 0.15) is 0 Å². The third-order valence-corrected chi connectivity index (χ3v) is 16.1. The molecule has 2 N–H and O–H groups in total. The molecule has 3 heterocycles. The lowest BCUT2D eigenvalue weighted by Crippen LogP contribution is -2.26. The van der Waals surface area contributed by atoms with Gasteiger partial charge in [-0.1, -0.05) is 147 Å². The standard InChI is InChI=1S/C34H23NS2.C18H13Br2N.C8H7BO2S/c1-2-10-28(11-3-1)35(29-18-14-24(15-19-29)33-22-26-8-4-6-12-31(26)36-33)30-20-16-25(17-21-30)34-23-27-9-5-7-13-32(27)37-34;19-14-6-10-17(11-7-14)21(16-4-2-1-3-5-16)18-12-8-15(20)9-13-18;10-9(11)8-5-6-3-1-2-4-7(6)12-8/h1-23H;1-13H;1-5,10-11H. The highest BCUT2D eigenvalue weighted by atomic mass is 79.9. The highest BCUT2D eigenvalue weighted by molar-refractivity contribution is 9.10. The van der Waals surface area contributed by atoms with Crippen molar-refractivity contribution in [2.75, 3.05) is 9.80 Å². The van der Waals surface area contributed by atoms with Crippen molar-refractivity contribution in [1.29, 1.82) is 0 Å². The molecule has 0 saturated heterocycles. The Bertz CT molecular complexity index is 3340. The highest BCUT2D eigenvalue weighted by Gasteiger charge is 2.16. The van der Waals surface area contributed by atoms with E-state index in [0.29, 0.717) is 4.78 Å². The lowest BCUT2D eigenvalue weighted by molar-refractivity contribution is 0.427. The van der Waals surface area contributed by atoms with Crippen LogP contribution in [0, 0.1) is 0 Å². The summed E-state index contributed by atoms with van der Waals surface area (Å²) in [6, 6.07) is 86.8. The number of halogens is 2. The van der Waals surface area contributed by atoms with Gasteiger partial charge in [0.2, 0.25) is 0 Å². The molecule has 3 aromatic heterocycles. The van der Waals surface area contributed by atoms with Crippen molar-refractivity contribution in [1.82, 2.24) is 0 Å². The van der Waals surface area contributed by atoms with Crippen molar-refractivity contribution in [2.45, 2.75) is 0 Å². The van der Waals surface area contributed by atoms with E-state index in [0.717, 1.165) is 53.2 Å². The number of rotatable bonds is 9. The van der Waals surface area contributed by atoms with E-state index in [1.165, 1.54) is 52.4 Å². The van der Waals surface area contributed by atoms with Gasteiger partial charge in [0.15, 0.2) is 0 Å². The summed E-state index contributed by atoms with van der Waals surface area (Å²) < 4.78 is 6.49. The molecular weight excluding hydrogens is 1050 g/mol. The molecule has 12 aromatic rings. The summed E-state index contributed by atoms with van der Waals surface area (Å²) in [5, 5.41) is 21.4. The van der Waals surface area contributed by atoms with Gasteiger partial charge in [0.25, 0.3) is 0 Å².